The predicted molar refractivity (Wildman–Crippen MR) is 140 cm³/mol. The molecule has 2 aromatic heterocycles. The third-order valence-electron chi connectivity index (χ3n) is 6.11. The standard InChI is InChI=1S/C28H30N2O4S/c1-3-34-26(28(32)33)14-19-8-10-20(11-9-19)22-15-23(35-18-22)17-30(2)27(31)13-12-21-16-29-25-7-5-4-6-24(21)25/h4-11,15-16,18,26,29H,3,12-14,17H2,1-2H3,(H,32,33)/t26-/m0/s1. The smallest absolute Gasteiger partial charge is 0.333 e. The van der Waals surface area contributed by atoms with Crippen LogP contribution in [0.2, 0.25) is 0 Å². The number of benzene rings is 2. The molecule has 0 radical (unpaired) electrons. The van der Waals surface area contributed by atoms with Crippen LogP contribution in [0.25, 0.3) is 22.0 Å². The maximum atomic E-state index is 12.7. The zero-order valence-corrected chi connectivity index (χ0v) is 20.8. The number of hydrogen-bond donors (Lipinski definition) is 2. The molecule has 1 atom stereocenters. The van der Waals surface area contributed by atoms with Crippen molar-refractivity contribution in [2.24, 2.45) is 0 Å². The van der Waals surface area contributed by atoms with Crippen molar-refractivity contribution >= 4 is 34.1 Å². The molecule has 0 spiro atoms. The van der Waals surface area contributed by atoms with Gasteiger partial charge in [-0.2, -0.15) is 0 Å². The first-order chi connectivity index (χ1) is 16.9. The lowest BCUT2D eigenvalue weighted by atomic mass is 10.0. The van der Waals surface area contributed by atoms with Gasteiger partial charge < -0.3 is 19.7 Å². The van der Waals surface area contributed by atoms with Crippen LogP contribution in [0.15, 0.2) is 66.2 Å². The number of thiophene rings is 1. The number of hydrogen-bond acceptors (Lipinski definition) is 4. The van der Waals surface area contributed by atoms with Crippen LogP contribution in [-0.4, -0.2) is 46.6 Å². The maximum Gasteiger partial charge on any atom is 0.333 e. The number of carbonyl (C=O) groups excluding carboxylic acids is 1. The summed E-state index contributed by atoms with van der Waals surface area (Å²) in [6.07, 6.45) is 2.68. The molecule has 0 fully saturated rings. The molecule has 2 heterocycles. The van der Waals surface area contributed by atoms with Crippen LogP contribution in [0.5, 0.6) is 0 Å². The number of nitrogens with one attached hydrogen (secondary N) is 1. The van der Waals surface area contributed by atoms with Crippen LogP contribution < -0.4 is 0 Å². The first kappa shape index (κ1) is 24.7. The highest BCUT2D eigenvalue weighted by Crippen LogP contribution is 2.27. The SMILES string of the molecule is CCO[C@@H](Cc1ccc(-c2csc(CN(C)C(=O)CCc3c[nH]c4ccccc34)c2)cc1)C(=O)O. The second kappa shape index (κ2) is 11.3. The number of rotatable bonds is 11. The number of aryl methyl sites for hydroxylation is 1. The Bertz CT molecular complexity index is 1290. The molecule has 4 rings (SSSR count). The number of carboxylic acids is 1. The molecule has 182 valence electrons. The number of ether oxygens (including phenoxy) is 1. The molecule has 2 aromatic carbocycles. The van der Waals surface area contributed by atoms with Crippen LogP contribution >= 0.6 is 11.3 Å². The monoisotopic (exact) mass is 490 g/mol. The van der Waals surface area contributed by atoms with E-state index in [1.807, 2.05) is 55.7 Å². The Balaban J connectivity index is 1.32. The fraction of sp³-hybridized carbons (Fsp3) is 0.286. The number of H-pyrrole nitrogens is 1. The Labute approximate surface area is 209 Å². The van der Waals surface area contributed by atoms with Crippen LogP contribution in [0.4, 0.5) is 0 Å². The van der Waals surface area contributed by atoms with Gasteiger partial charge in [-0.25, -0.2) is 4.79 Å². The summed E-state index contributed by atoms with van der Waals surface area (Å²) in [5.74, 6) is -0.824. The van der Waals surface area contributed by atoms with E-state index in [1.54, 1.807) is 23.2 Å². The summed E-state index contributed by atoms with van der Waals surface area (Å²) in [6, 6.07) is 18.2. The molecular weight excluding hydrogens is 460 g/mol. The Morgan fingerprint density at radius 1 is 1.11 bits per heavy atom. The second-order valence-corrected chi connectivity index (χ2v) is 9.59. The number of aromatic nitrogens is 1. The zero-order chi connectivity index (χ0) is 24.8. The van der Waals surface area contributed by atoms with Gasteiger partial charge in [-0.05, 0) is 53.1 Å². The van der Waals surface area contributed by atoms with Crippen molar-refractivity contribution in [1.82, 2.24) is 9.88 Å². The number of aliphatic carboxylic acids is 1. The van der Waals surface area contributed by atoms with Crippen LogP contribution in [0.1, 0.15) is 29.3 Å². The van der Waals surface area contributed by atoms with Gasteiger partial charge in [0.1, 0.15) is 0 Å². The molecule has 0 aliphatic heterocycles. The van der Waals surface area contributed by atoms with Crippen molar-refractivity contribution in [3.63, 3.8) is 0 Å². The fourth-order valence-corrected chi connectivity index (χ4v) is 5.12. The fourth-order valence-electron chi connectivity index (χ4n) is 4.17. The van der Waals surface area contributed by atoms with Crippen molar-refractivity contribution in [1.29, 1.82) is 0 Å². The van der Waals surface area contributed by atoms with Gasteiger partial charge in [-0.3, -0.25) is 4.79 Å². The van der Waals surface area contributed by atoms with Gasteiger partial charge in [0.05, 0.1) is 6.54 Å². The number of carboxylic acid groups (broad SMARTS) is 1. The first-order valence-electron chi connectivity index (χ1n) is 11.7. The Morgan fingerprint density at radius 3 is 2.63 bits per heavy atom. The minimum absolute atomic E-state index is 0.122. The Morgan fingerprint density at radius 2 is 1.89 bits per heavy atom. The molecule has 0 saturated heterocycles. The summed E-state index contributed by atoms with van der Waals surface area (Å²) < 4.78 is 5.31. The molecule has 1 amide bonds. The van der Waals surface area contributed by atoms with E-state index in [0.29, 0.717) is 32.4 Å². The van der Waals surface area contributed by atoms with Crippen molar-refractivity contribution in [2.75, 3.05) is 13.7 Å². The van der Waals surface area contributed by atoms with E-state index in [0.717, 1.165) is 27.1 Å². The molecule has 0 aliphatic carbocycles. The molecule has 35 heavy (non-hydrogen) atoms. The van der Waals surface area contributed by atoms with Crippen molar-refractivity contribution < 1.29 is 19.4 Å². The zero-order valence-electron chi connectivity index (χ0n) is 20.0. The van der Waals surface area contributed by atoms with Gasteiger partial charge in [-0.1, -0.05) is 42.5 Å². The summed E-state index contributed by atoms with van der Waals surface area (Å²) in [7, 11) is 1.85. The summed E-state index contributed by atoms with van der Waals surface area (Å²) in [6.45, 7) is 2.73. The molecular formula is C28H30N2O4S. The van der Waals surface area contributed by atoms with E-state index in [4.69, 9.17) is 4.74 Å². The van der Waals surface area contributed by atoms with E-state index >= 15 is 0 Å². The van der Waals surface area contributed by atoms with Gasteiger partial charge in [0.15, 0.2) is 6.10 Å². The van der Waals surface area contributed by atoms with Crippen LogP contribution in [-0.2, 0) is 33.7 Å². The minimum atomic E-state index is -0.946. The summed E-state index contributed by atoms with van der Waals surface area (Å²) in [5.41, 5.74) is 5.34. The largest absolute Gasteiger partial charge is 0.479 e. The topological polar surface area (TPSA) is 82.6 Å². The highest BCUT2D eigenvalue weighted by molar-refractivity contribution is 7.10. The van der Waals surface area contributed by atoms with E-state index in [-0.39, 0.29) is 5.91 Å². The molecule has 0 aliphatic rings. The highest BCUT2D eigenvalue weighted by atomic mass is 32.1. The molecule has 0 unspecified atom stereocenters. The first-order valence-corrected chi connectivity index (χ1v) is 12.6. The number of carbonyl (C=O) groups is 2. The third kappa shape index (κ3) is 6.18. The van der Waals surface area contributed by atoms with Crippen molar-refractivity contribution in [3.05, 3.63) is 82.2 Å². The van der Waals surface area contributed by atoms with Gasteiger partial charge in [0.2, 0.25) is 5.91 Å². The third-order valence-corrected chi connectivity index (χ3v) is 7.03. The number of nitrogens with zero attached hydrogens (tertiary/aromatic N) is 1. The van der Waals surface area contributed by atoms with Crippen LogP contribution in [0, 0.1) is 0 Å². The lowest BCUT2D eigenvalue weighted by Gasteiger charge is -2.16. The molecule has 7 heteroatoms. The van der Waals surface area contributed by atoms with E-state index < -0.39 is 12.1 Å². The lowest BCUT2D eigenvalue weighted by Crippen LogP contribution is -2.26. The average molecular weight is 491 g/mol. The number of amides is 1. The number of para-hydroxylation sites is 1. The molecule has 4 aromatic rings. The molecule has 0 bridgehead atoms. The van der Waals surface area contributed by atoms with Gasteiger partial charge in [0.25, 0.3) is 0 Å². The average Bonchev–Trinajstić information content (AvgIpc) is 3.50. The number of aromatic amines is 1. The summed E-state index contributed by atoms with van der Waals surface area (Å²) >= 11 is 1.64. The van der Waals surface area contributed by atoms with Crippen molar-refractivity contribution in [3.8, 4) is 11.1 Å². The normalized spacial score (nSPS) is 12.1. The summed E-state index contributed by atoms with van der Waals surface area (Å²) in [4.78, 5) is 30.2. The Kier molecular flexibility index (Phi) is 8.00. The van der Waals surface area contributed by atoms with E-state index in [1.165, 1.54) is 10.9 Å². The van der Waals surface area contributed by atoms with Gasteiger partial charge in [0, 0.05) is 48.5 Å². The van der Waals surface area contributed by atoms with E-state index in [2.05, 4.69) is 22.5 Å². The second-order valence-electron chi connectivity index (χ2n) is 8.59. The quantitative estimate of drug-likeness (QED) is 0.290. The highest BCUT2D eigenvalue weighted by Gasteiger charge is 2.18. The molecule has 6 nitrogen and oxygen atoms in total. The minimum Gasteiger partial charge on any atom is -0.479 e. The van der Waals surface area contributed by atoms with Crippen LogP contribution in [0.3, 0.4) is 0 Å². The molecule has 2 N–H and O–H groups in total. The van der Waals surface area contributed by atoms with E-state index in [9.17, 15) is 14.7 Å². The Hall–Kier alpha value is -3.42. The van der Waals surface area contributed by atoms with Crippen molar-refractivity contribution in [2.45, 2.75) is 38.8 Å². The maximum absolute atomic E-state index is 12.7. The van der Waals surface area contributed by atoms with Gasteiger partial charge in [-0.15, -0.1) is 11.3 Å². The predicted octanol–water partition coefficient (Wildman–Crippen LogP) is 5.52. The molecule has 0 saturated carbocycles. The van der Waals surface area contributed by atoms with Gasteiger partial charge >= 0.3 is 5.97 Å². The number of fused-ring (bicyclic) bond motifs is 1. The summed E-state index contributed by atoms with van der Waals surface area (Å²) in [5, 5.41) is 12.5. The lowest BCUT2D eigenvalue weighted by molar-refractivity contribution is -0.150.